The third-order valence-corrected chi connectivity index (χ3v) is 4.23. The molecule has 0 saturated carbocycles. The Bertz CT molecular complexity index is 414. The molecule has 0 spiro atoms. The Kier molecular flexibility index (Phi) is 7.08. The minimum atomic E-state index is 0.855. The van der Waals surface area contributed by atoms with Crippen LogP contribution in [-0.4, -0.2) is 19.7 Å². The lowest BCUT2D eigenvalue weighted by atomic mass is 10.0. The Morgan fingerprint density at radius 3 is 2.81 bits per heavy atom. The van der Waals surface area contributed by atoms with E-state index in [2.05, 4.69) is 37.4 Å². The summed E-state index contributed by atoms with van der Waals surface area (Å²) in [5.74, 6) is 1.95. The molecule has 0 aliphatic carbocycles. The highest BCUT2D eigenvalue weighted by Gasteiger charge is 2.11. The average molecular weight is 289 g/mol. The van der Waals surface area contributed by atoms with E-state index in [1.165, 1.54) is 43.2 Å². The maximum absolute atomic E-state index is 5.54. The highest BCUT2D eigenvalue weighted by molar-refractivity contribution is 5.39. The van der Waals surface area contributed by atoms with E-state index in [0.29, 0.717) is 0 Å². The van der Waals surface area contributed by atoms with Crippen LogP contribution in [0.15, 0.2) is 18.2 Å². The summed E-state index contributed by atoms with van der Waals surface area (Å²) >= 11 is 0. The SMILES string of the molecule is CC(C)CCCCCCNCCc1ccc2c(c1)CCO2. The summed E-state index contributed by atoms with van der Waals surface area (Å²) in [6, 6.07) is 6.65. The van der Waals surface area contributed by atoms with Gasteiger partial charge < -0.3 is 10.1 Å². The second-order valence-corrected chi connectivity index (χ2v) is 6.64. The first-order chi connectivity index (χ1) is 10.3. The molecule has 21 heavy (non-hydrogen) atoms. The van der Waals surface area contributed by atoms with E-state index in [9.17, 15) is 0 Å². The van der Waals surface area contributed by atoms with Gasteiger partial charge in [-0.25, -0.2) is 0 Å². The number of ether oxygens (including phenoxy) is 1. The lowest BCUT2D eigenvalue weighted by Gasteiger charge is -2.07. The van der Waals surface area contributed by atoms with Crippen LogP contribution in [0.1, 0.15) is 57.1 Å². The topological polar surface area (TPSA) is 21.3 Å². The average Bonchev–Trinajstić information content (AvgIpc) is 2.92. The van der Waals surface area contributed by atoms with Crippen molar-refractivity contribution >= 4 is 0 Å². The number of hydrogen-bond acceptors (Lipinski definition) is 2. The molecule has 118 valence electrons. The van der Waals surface area contributed by atoms with Crippen LogP contribution >= 0.6 is 0 Å². The van der Waals surface area contributed by atoms with E-state index >= 15 is 0 Å². The van der Waals surface area contributed by atoms with Gasteiger partial charge in [0.2, 0.25) is 0 Å². The number of unbranched alkanes of at least 4 members (excludes halogenated alkanes) is 3. The van der Waals surface area contributed by atoms with Gasteiger partial charge in [0.05, 0.1) is 6.61 Å². The molecule has 1 aliphatic heterocycles. The molecule has 0 atom stereocenters. The summed E-state index contributed by atoms with van der Waals surface area (Å²) in [5, 5.41) is 3.57. The van der Waals surface area contributed by atoms with Gasteiger partial charge in [-0.15, -0.1) is 0 Å². The molecular weight excluding hydrogens is 258 g/mol. The van der Waals surface area contributed by atoms with Gasteiger partial charge >= 0.3 is 0 Å². The molecule has 0 radical (unpaired) electrons. The van der Waals surface area contributed by atoms with Gasteiger partial charge in [-0.3, -0.25) is 0 Å². The van der Waals surface area contributed by atoms with Crippen molar-refractivity contribution in [3.05, 3.63) is 29.3 Å². The standard InChI is InChI=1S/C19H31NO/c1-16(2)7-5-3-4-6-12-20-13-10-17-8-9-19-18(15-17)11-14-21-19/h8-9,15-16,20H,3-7,10-14H2,1-2H3. The third kappa shape index (κ3) is 6.09. The van der Waals surface area contributed by atoms with Crippen LogP contribution in [0.4, 0.5) is 0 Å². The Labute approximate surface area is 130 Å². The number of fused-ring (bicyclic) bond motifs is 1. The zero-order valence-electron chi connectivity index (χ0n) is 13.8. The molecule has 1 aliphatic rings. The first kappa shape index (κ1) is 16.4. The molecule has 0 amide bonds. The minimum absolute atomic E-state index is 0.855. The monoisotopic (exact) mass is 289 g/mol. The van der Waals surface area contributed by atoms with Gasteiger partial charge in [0, 0.05) is 6.42 Å². The third-order valence-electron chi connectivity index (χ3n) is 4.23. The summed E-state index contributed by atoms with van der Waals surface area (Å²) in [5.41, 5.74) is 2.82. The van der Waals surface area contributed by atoms with Crippen molar-refractivity contribution in [3.63, 3.8) is 0 Å². The van der Waals surface area contributed by atoms with Crippen LogP contribution in [0.5, 0.6) is 5.75 Å². The zero-order valence-corrected chi connectivity index (χ0v) is 13.8. The van der Waals surface area contributed by atoms with Gasteiger partial charge in [0.15, 0.2) is 0 Å². The number of nitrogens with one attached hydrogen (secondary N) is 1. The van der Waals surface area contributed by atoms with Crippen molar-refractivity contribution in [1.29, 1.82) is 0 Å². The predicted octanol–water partition coefficient (Wildman–Crippen LogP) is 4.36. The first-order valence-electron chi connectivity index (χ1n) is 8.71. The summed E-state index contributed by atoms with van der Waals surface area (Å²) in [7, 11) is 0. The van der Waals surface area contributed by atoms with Gasteiger partial charge in [0.1, 0.15) is 5.75 Å². The maximum atomic E-state index is 5.54. The molecular formula is C19H31NO. The fraction of sp³-hybridized carbons (Fsp3) is 0.684. The molecule has 0 saturated heterocycles. The van der Waals surface area contributed by atoms with E-state index in [-0.39, 0.29) is 0 Å². The molecule has 2 heteroatoms. The Morgan fingerprint density at radius 2 is 1.95 bits per heavy atom. The van der Waals surface area contributed by atoms with Crippen LogP contribution < -0.4 is 10.1 Å². The predicted molar refractivity (Wildman–Crippen MR) is 90.1 cm³/mol. The first-order valence-corrected chi connectivity index (χ1v) is 8.71. The quantitative estimate of drug-likeness (QED) is 0.646. The molecule has 0 fully saturated rings. The molecule has 0 unspecified atom stereocenters. The number of rotatable bonds is 10. The normalized spacial score (nSPS) is 13.5. The van der Waals surface area contributed by atoms with Gasteiger partial charge in [0.25, 0.3) is 0 Å². The van der Waals surface area contributed by atoms with E-state index < -0.39 is 0 Å². The lowest BCUT2D eigenvalue weighted by molar-refractivity contribution is 0.357. The van der Waals surface area contributed by atoms with Crippen molar-refractivity contribution < 1.29 is 4.74 Å². The molecule has 0 bridgehead atoms. The molecule has 0 aromatic heterocycles. The Hall–Kier alpha value is -1.02. The van der Waals surface area contributed by atoms with Crippen molar-refractivity contribution in [3.8, 4) is 5.75 Å². The van der Waals surface area contributed by atoms with Crippen LogP contribution in [0.2, 0.25) is 0 Å². The Morgan fingerprint density at radius 1 is 1.10 bits per heavy atom. The maximum Gasteiger partial charge on any atom is 0.122 e. The highest BCUT2D eigenvalue weighted by atomic mass is 16.5. The van der Waals surface area contributed by atoms with Gasteiger partial charge in [-0.1, -0.05) is 51.7 Å². The smallest absolute Gasteiger partial charge is 0.122 e. The van der Waals surface area contributed by atoms with E-state index in [4.69, 9.17) is 4.74 Å². The van der Waals surface area contributed by atoms with Crippen LogP contribution in [-0.2, 0) is 12.8 Å². The zero-order chi connectivity index (χ0) is 14.9. The fourth-order valence-corrected chi connectivity index (χ4v) is 2.91. The van der Waals surface area contributed by atoms with E-state index in [1.807, 2.05) is 0 Å². The van der Waals surface area contributed by atoms with Crippen molar-refractivity contribution in [2.45, 2.75) is 58.8 Å². The molecule has 1 heterocycles. The van der Waals surface area contributed by atoms with E-state index in [1.54, 1.807) is 0 Å². The van der Waals surface area contributed by atoms with Crippen molar-refractivity contribution in [2.24, 2.45) is 5.92 Å². The summed E-state index contributed by atoms with van der Waals surface area (Å²) in [6.45, 7) is 7.73. The minimum Gasteiger partial charge on any atom is -0.493 e. The van der Waals surface area contributed by atoms with Gasteiger partial charge in [-0.05, 0) is 49.0 Å². The second-order valence-electron chi connectivity index (χ2n) is 6.64. The second kappa shape index (κ2) is 9.09. The molecule has 1 aromatic rings. The molecule has 2 rings (SSSR count). The van der Waals surface area contributed by atoms with Crippen molar-refractivity contribution in [2.75, 3.05) is 19.7 Å². The highest BCUT2D eigenvalue weighted by Crippen LogP contribution is 2.25. The number of hydrogen-bond donors (Lipinski definition) is 1. The van der Waals surface area contributed by atoms with E-state index in [0.717, 1.165) is 44.2 Å². The van der Waals surface area contributed by atoms with Crippen LogP contribution in [0.3, 0.4) is 0 Å². The van der Waals surface area contributed by atoms with Crippen LogP contribution in [0, 0.1) is 5.92 Å². The van der Waals surface area contributed by atoms with Crippen molar-refractivity contribution in [1.82, 2.24) is 5.32 Å². The summed E-state index contributed by atoms with van der Waals surface area (Å²) < 4.78 is 5.54. The summed E-state index contributed by atoms with van der Waals surface area (Å²) in [6.07, 6.45) is 9.06. The molecule has 2 nitrogen and oxygen atoms in total. The van der Waals surface area contributed by atoms with Crippen LogP contribution in [0.25, 0.3) is 0 Å². The van der Waals surface area contributed by atoms with Gasteiger partial charge in [-0.2, -0.15) is 0 Å². The largest absolute Gasteiger partial charge is 0.493 e. The summed E-state index contributed by atoms with van der Waals surface area (Å²) in [4.78, 5) is 0. The molecule has 1 N–H and O–H groups in total. The number of benzene rings is 1. The molecule has 1 aromatic carbocycles. The fourth-order valence-electron chi connectivity index (χ4n) is 2.91. The lowest BCUT2D eigenvalue weighted by Crippen LogP contribution is -2.18. The Balaban J connectivity index is 1.48.